The van der Waals surface area contributed by atoms with Gasteiger partial charge < -0.3 is 14.8 Å². The normalized spacial score (nSPS) is 24.3. The monoisotopic (exact) mass is 375 g/mol. The molecule has 26 heavy (non-hydrogen) atoms. The number of carbonyl (C=O) groups is 1. The van der Waals surface area contributed by atoms with Crippen LogP contribution in [0.4, 0.5) is 0 Å². The molecule has 1 aliphatic heterocycles. The van der Waals surface area contributed by atoms with E-state index in [-0.39, 0.29) is 12.7 Å². The molecule has 7 heteroatoms. The van der Waals surface area contributed by atoms with E-state index in [0.717, 1.165) is 17.7 Å². The van der Waals surface area contributed by atoms with Crippen LogP contribution >= 0.6 is 12.2 Å². The third-order valence-electron chi connectivity index (χ3n) is 5.15. The first-order chi connectivity index (χ1) is 12.5. The van der Waals surface area contributed by atoms with Crippen LogP contribution in [0.3, 0.4) is 0 Å². The molecule has 1 heterocycles. The van der Waals surface area contributed by atoms with Gasteiger partial charge in [0.2, 0.25) is 6.79 Å². The molecule has 6 nitrogen and oxygen atoms in total. The Hall–Kier alpha value is -2.28. The lowest BCUT2D eigenvalue weighted by Crippen LogP contribution is -2.52. The second kappa shape index (κ2) is 8.40. The van der Waals surface area contributed by atoms with Gasteiger partial charge in [-0.15, -0.1) is 0 Å². The number of ether oxygens (including phenoxy) is 2. The molecule has 3 N–H and O–H groups in total. The van der Waals surface area contributed by atoms with Crippen LogP contribution < -0.4 is 25.6 Å². The van der Waals surface area contributed by atoms with Gasteiger partial charge in [-0.25, -0.2) is 0 Å². The minimum Gasteiger partial charge on any atom is -0.454 e. The maximum atomic E-state index is 12.0. The van der Waals surface area contributed by atoms with Crippen molar-refractivity contribution in [2.24, 2.45) is 11.8 Å². The molecule has 140 valence electrons. The second-order valence-corrected chi connectivity index (χ2v) is 7.32. The predicted molar refractivity (Wildman–Crippen MR) is 105 cm³/mol. The first-order valence-corrected chi connectivity index (χ1v) is 9.38. The number of hydrogen-bond donors (Lipinski definition) is 3. The molecule has 1 aromatic rings. The Bertz CT molecular complexity index is 707. The molecule has 1 saturated carbocycles. The molecule has 0 unspecified atom stereocenters. The van der Waals surface area contributed by atoms with Gasteiger partial charge in [0.1, 0.15) is 0 Å². The van der Waals surface area contributed by atoms with Crippen molar-refractivity contribution in [1.29, 1.82) is 0 Å². The van der Waals surface area contributed by atoms with Gasteiger partial charge in [-0.2, -0.15) is 0 Å². The summed E-state index contributed by atoms with van der Waals surface area (Å²) in [5.74, 6) is 2.37. The van der Waals surface area contributed by atoms with E-state index in [1.807, 2.05) is 18.2 Å². The van der Waals surface area contributed by atoms with Crippen LogP contribution in [0.5, 0.6) is 11.5 Å². The zero-order valence-corrected chi connectivity index (χ0v) is 15.9. The Labute approximate surface area is 159 Å². The summed E-state index contributed by atoms with van der Waals surface area (Å²) in [4.78, 5) is 12.0. The standard InChI is InChI=1S/C19H25N3O3S/c1-12-4-3-5-15(13(12)2)20-19(26)22-21-18(23)9-7-14-6-8-16-17(10-14)25-11-24-16/h6-10,12-13,15H,3-5,11H2,1-2H3,(H,21,23)(H2,20,22,26)/b9-7+/t12-,13-,15-/m1/s1. The molecular weight excluding hydrogens is 350 g/mol. The van der Waals surface area contributed by atoms with Crippen molar-refractivity contribution in [2.45, 2.75) is 39.2 Å². The second-order valence-electron chi connectivity index (χ2n) is 6.91. The molecule has 0 saturated heterocycles. The van der Waals surface area contributed by atoms with Crippen molar-refractivity contribution >= 4 is 29.3 Å². The molecule has 2 aliphatic rings. The minimum atomic E-state index is -0.281. The smallest absolute Gasteiger partial charge is 0.262 e. The van der Waals surface area contributed by atoms with Gasteiger partial charge in [-0.3, -0.25) is 15.6 Å². The molecule has 0 spiro atoms. The van der Waals surface area contributed by atoms with Gasteiger partial charge in [-0.05, 0) is 54.2 Å². The van der Waals surface area contributed by atoms with E-state index in [9.17, 15) is 4.79 Å². The SMILES string of the molecule is C[C@@H]1[C@H](C)CCC[C@H]1NC(=S)NNC(=O)/C=C/c1ccc2c(c1)OCO2. The predicted octanol–water partition coefficient (Wildman–Crippen LogP) is 2.75. The Morgan fingerprint density at radius 3 is 2.85 bits per heavy atom. The van der Waals surface area contributed by atoms with Crippen LogP contribution in [0.2, 0.25) is 0 Å². The number of fused-ring (bicyclic) bond motifs is 1. The lowest BCUT2D eigenvalue weighted by Gasteiger charge is -2.35. The molecule has 1 fully saturated rings. The third-order valence-corrected chi connectivity index (χ3v) is 5.37. The maximum absolute atomic E-state index is 12.0. The Kier molecular flexibility index (Phi) is 5.98. The maximum Gasteiger partial charge on any atom is 0.262 e. The first kappa shape index (κ1) is 18.5. The molecule has 0 bridgehead atoms. The largest absolute Gasteiger partial charge is 0.454 e. The van der Waals surface area contributed by atoms with E-state index in [2.05, 4.69) is 30.0 Å². The van der Waals surface area contributed by atoms with E-state index in [1.54, 1.807) is 6.08 Å². The van der Waals surface area contributed by atoms with Crippen molar-refractivity contribution in [3.05, 3.63) is 29.8 Å². The van der Waals surface area contributed by atoms with E-state index < -0.39 is 0 Å². The zero-order chi connectivity index (χ0) is 18.5. The third kappa shape index (κ3) is 4.66. The Morgan fingerprint density at radius 2 is 2.00 bits per heavy atom. The molecular formula is C19H25N3O3S. The van der Waals surface area contributed by atoms with Crippen molar-refractivity contribution < 1.29 is 14.3 Å². The van der Waals surface area contributed by atoms with Crippen molar-refractivity contribution in [1.82, 2.24) is 16.2 Å². The lowest BCUT2D eigenvalue weighted by molar-refractivity contribution is -0.116. The summed E-state index contributed by atoms with van der Waals surface area (Å²) in [6, 6.07) is 5.86. The molecule has 3 atom stereocenters. The van der Waals surface area contributed by atoms with Crippen LogP contribution in [0.25, 0.3) is 6.08 Å². The number of hydrogen-bond acceptors (Lipinski definition) is 4. The number of hydrazine groups is 1. The zero-order valence-electron chi connectivity index (χ0n) is 15.1. The van der Waals surface area contributed by atoms with Gasteiger partial charge in [0.15, 0.2) is 16.6 Å². The van der Waals surface area contributed by atoms with E-state index in [4.69, 9.17) is 21.7 Å². The number of nitrogens with one attached hydrogen (secondary N) is 3. The summed E-state index contributed by atoms with van der Waals surface area (Å²) in [7, 11) is 0. The summed E-state index contributed by atoms with van der Waals surface area (Å²) < 4.78 is 10.6. The Morgan fingerprint density at radius 1 is 1.19 bits per heavy atom. The van der Waals surface area contributed by atoms with Gasteiger partial charge in [0.05, 0.1) is 0 Å². The van der Waals surface area contributed by atoms with Gasteiger partial charge in [-0.1, -0.05) is 32.8 Å². The van der Waals surface area contributed by atoms with Crippen LogP contribution in [0.15, 0.2) is 24.3 Å². The van der Waals surface area contributed by atoms with Crippen LogP contribution in [0.1, 0.15) is 38.7 Å². The number of amides is 1. The van der Waals surface area contributed by atoms with Crippen molar-refractivity contribution in [3.8, 4) is 11.5 Å². The average Bonchev–Trinajstić information content (AvgIpc) is 3.10. The Balaban J connectivity index is 1.44. The fraction of sp³-hybridized carbons (Fsp3) is 0.474. The van der Waals surface area contributed by atoms with E-state index in [0.29, 0.717) is 28.7 Å². The summed E-state index contributed by atoms with van der Waals surface area (Å²) in [6.45, 7) is 4.75. The number of thiocarbonyl (C=S) groups is 1. The van der Waals surface area contributed by atoms with Crippen molar-refractivity contribution in [2.75, 3.05) is 6.79 Å². The highest BCUT2D eigenvalue weighted by molar-refractivity contribution is 7.80. The molecule has 0 aromatic heterocycles. The minimum absolute atomic E-state index is 0.232. The number of carbonyl (C=O) groups excluding carboxylic acids is 1. The van der Waals surface area contributed by atoms with Crippen LogP contribution in [-0.4, -0.2) is 23.9 Å². The quantitative estimate of drug-likeness (QED) is 0.429. The van der Waals surface area contributed by atoms with E-state index >= 15 is 0 Å². The molecule has 3 rings (SSSR count). The molecule has 1 aliphatic carbocycles. The summed E-state index contributed by atoms with van der Waals surface area (Å²) in [5.41, 5.74) is 6.21. The highest BCUT2D eigenvalue weighted by Gasteiger charge is 2.27. The van der Waals surface area contributed by atoms with Crippen molar-refractivity contribution in [3.63, 3.8) is 0 Å². The summed E-state index contributed by atoms with van der Waals surface area (Å²) in [6.07, 6.45) is 6.72. The highest BCUT2D eigenvalue weighted by atomic mass is 32.1. The lowest BCUT2D eigenvalue weighted by atomic mass is 9.78. The highest BCUT2D eigenvalue weighted by Crippen LogP contribution is 2.32. The fourth-order valence-corrected chi connectivity index (χ4v) is 3.54. The number of benzene rings is 1. The average molecular weight is 375 g/mol. The first-order valence-electron chi connectivity index (χ1n) is 8.97. The topological polar surface area (TPSA) is 71.6 Å². The molecule has 0 radical (unpaired) electrons. The van der Waals surface area contributed by atoms with Crippen LogP contribution in [-0.2, 0) is 4.79 Å². The molecule has 1 amide bonds. The number of rotatable bonds is 3. The van der Waals surface area contributed by atoms with Gasteiger partial charge in [0, 0.05) is 12.1 Å². The summed E-state index contributed by atoms with van der Waals surface area (Å²) >= 11 is 5.29. The van der Waals surface area contributed by atoms with Gasteiger partial charge >= 0.3 is 0 Å². The summed E-state index contributed by atoms with van der Waals surface area (Å²) in [5, 5.41) is 3.75. The van der Waals surface area contributed by atoms with Crippen LogP contribution in [0, 0.1) is 11.8 Å². The van der Waals surface area contributed by atoms with Gasteiger partial charge in [0.25, 0.3) is 5.91 Å². The molecule has 1 aromatic carbocycles. The van der Waals surface area contributed by atoms with E-state index in [1.165, 1.54) is 18.9 Å². The fourth-order valence-electron chi connectivity index (χ4n) is 3.34.